The molecule has 1 aliphatic heterocycles. The van der Waals surface area contributed by atoms with Crippen molar-refractivity contribution >= 4 is 29.1 Å². The van der Waals surface area contributed by atoms with E-state index in [0.717, 1.165) is 37.7 Å². The SMILES string of the molecule is O=C(O)c1ccc(Cl)c(N2CCN(c3ccccn3)CC2)c1. The molecule has 0 aliphatic carbocycles. The van der Waals surface area contributed by atoms with Gasteiger partial charge < -0.3 is 14.9 Å². The molecule has 1 saturated heterocycles. The molecule has 22 heavy (non-hydrogen) atoms. The van der Waals surface area contributed by atoms with Gasteiger partial charge in [0.25, 0.3) is 0 Å². The summed E-state index contributed by atoms with van der Waals surface area (Å²) in [5.41, 5.74) is 1.04. The summed E-state index contributed by atoms with van der Waals surface area (Å²) in [5.74, 6) is 0.0255. The normalized spacial score (nSPS) is 15.0. The number of carbonyl (C=O) groups is 1. The summed E-state index contributed by atoms with van der Waals surface area (Å²) in [5, 5.41) is 9.69. The van der Waals surface area contributed by atoms with Crippen molar-refractivity contribution in [2.24, 2.45) is 0 Å². The van der Waals surface area contributed by atoms with Crippen molar-refractivity contribution < 1.29 is 9.90 Å². The highest BCUT2D eigenvalue weighted by molar-refractivity contribution is 6.33. The third kappa shape index (κ3) is 2.99. The Labute approximate surface area is 133 Å². The molecule has 1 aromatic carbocycles. The monoisotopic (exact) mass is 317 g/mol. The summed E-state index contributed by atoms with van der Waals surface area (Å²) in [6.07, 6.45) is 1.79. The van der Waals surface area contributed by atoms with E-state index in [-0.39, 0.29) is 5.56 Å². The molecule has 1 N–H and O–H groups in total. The highest BCUT2D eigenvalue weighted by atomic mass is 35.5. The van der Waals surface area contributed by atoms with Gasteiger partial charge in [-0.05, 0) is 30.3 Å². The number of aromatic nitrogens is 1. The van der Waals surface area contributed by atoms with Crippen LogP contribution < -0.4 is 9.80 Å². The molecular formula is C16H16ClN3O2. The van der Waals surface area contributed by atoms with Gasteiger partial charge in [0.2, 0.25) is 0 Å². The lowest BCUT2D eigenvalue weighted by molar-refractivity contribution is 0.0697. The van der Waals surface area contributed by atoms with Gasteiger partial charge in [0, 0.05) is 32.4 Å². The van der Waals surface area contributed by atoms with E-state index in [2.05, 4.69) is 14.8 Å². The van der Waals surface area contributed by atoms with Gasteiger partial charge in [0.05, 0.1) is 16.3 Å². The zero-order valence-electron chi connectivity index (χ0n) is 11.9. The first-order chi connectivity index (χ1) is 10.6. The number of hydrogen-bond donors (Lipinski definition) is 1. The van der Waals surface area contributed by atoms with Gasteiger partial charge in [0.15, 0.2) is 0 Å². The Kier molecular flexibility index (Phi) is 4.15. The highest BCUT2D eigenvalue weighted by Crippen LogP contribution is 2.28. The van der Waals surface area contributed by atoms with Gasteiger partial charge in [-0.2, -0.15) is 0 Å². The fourth-order valence-electron chi connectivity index (χ4n) is 2.61. The van der Waals surface area contributed by atoms with Crippen molar-refractivity contribution in [3.63, 3.8) is 0 Å². The molecule has 1 aromatic heterocycles. The molecule has 3 rings (SSSR count). The highest BCUT2D eigenvalue weighted by Gasteiger charge is 2.20. The van der Waals surface area contributed by atoms with E-state index in [1.165, 1.54) is 6.07 Å². The Morgan fingerprint density at radius 1 is 1.09 bits per heavy atom. The van der Waals surface area contributed by atoms with E-state index in [9.17, 15) is 4.79 Å². The fraction of sp³-hybridized carbons (Fsp3) is 0.250. The third-order valence-electron chi connectivity index (χ3n) is 3.79. The summed E-state index contributed by atoms with van der Waals surface area (Å²) in [6.45, 7) is 3.20. The molecule has 0 atom stereocenters. The van der Waals surface area contributed by atoms with Gasteiger partial charge in [-0.15, -0.1) is 0 Å². The number of carboxylic acids is 1. The Bertz CT molecular complexity index is 670. The van der Waals surface area contributed by atoms with E-state index < -0.39 is 5.97 Å². The molecule has 0 amide bonds. The summed E-state index contributed by atoms with van der Waals surface area (Å²) in [7, 11) is 0. The number of benzene rings is 1. The molecule has 1 fully saturated rings. The lowest BCUT2D eigenvalue weighted by Crippen LogP contribution is -2.47. The van der Waals surface area contributed by atoms with Crippen molar-refractivity contribution in [1.82, 2.24) is 4.98 Å². The first-order valence-corrected chi connectivity index (χ1v) is 7.47. The molecule has 0 unspecified atom stereocenters. The average molecular weight is 318 g/mol. The average Bonchev–Trinajstić information content (AvgIpc) is 2.56. The van der Waals surface area contributed by atoms with Gasteiger partial charge in [-0.25, -0.2) is 9.78 Å². The Balaban J connectivity index is 1.74. The molecule has 0 bridgehead atoms. The van der Waals surface area contributed by atoms with Crippen LogP contribution in [0.2, 0.25) is 5.02 Å². The zero-order valence-corrected chi connectivity index (χ0v) is 12.7. The van der Waals surface area contributed by atoms with Crippen LogP contribution in [0.15, 0.2) is 42.6 Å². The minimum Gasteiger partial charge on any atom is -0.478 e. The van der Waals surface area contributed by atoms with Crippen LogP contribution in [0.5, 0.6) is 0 Å². The summed E-state index contributed by atoms with van der Waals surface area (Å²) < 4.78 is 0. The van der Waals surface area contributed by atoms with Crippen molar-refractivity contribution in [3.8, 4) is 0 Å². The van der Waals surface area contributed by atoms with Crippen molar-refractivity contribution in [1.29, 1.82) is 0 Å². The van der Waals surface area contributed by atoms with Crippen molar-refractivity contribution in [3.05, 3.63) is 53.2 Å². The quantitative estimate of drug-likeness (QED) is 0.943. The second-order valence-electron chi connectivity index (χ2n) is 5.13. The summed E-state index contributed by atoms with van der Waals surface area (Å²) >= 11 is 6.23. The van der Waals surface area contributed by atoms with E-state index in [1.54, 1.807) is 18.3 Å². The van der Waals surface area contributed by atoms with Crippen molar-refractivity contribution in [2.75, 3.05) is 36.0 Å². The molecule has 1 aliphatic rings. The van der Waals surface area contributed by atoms with Crippen LogP contribution in [0.25, 0.3) is 0 Å². The maximum absolute atomic E-state index is 11.1. The molecule has 2 aromatic rings. The minimum atomic E-state index is -0.940. The number of nitrogens with zero attached hydrogens (tertiary/aromatic N) is 3. The van der Waals surface area contributed by atoms with E-state index in [1.807, 2.05) is 18.2 Å². The molecule has 0 radical (unpaired) electrons. The summed E-state index contributed by atoms with van der Waals surface area (Å²) in [4.78, 5) is 19.8. The molecule has 114 valence electrons. The molecule has 0 spiro atoms. The number of rotatable bonds is 3. The molecule has 2 heterocycles. The standard InChI is InChI=1S/C16H16ClN3O2/c17-13-5-4-12(16(21)22)11-14(13)19-7-9-20(10-8-19)15-3-1-2-6-18-15/h1-6,11H,7-10H2,(H,21,22). The third-order valence-corrected chi connectivity index (χ3v) is 4.11. The molecule has 5 nitrogen and oxygen atoms in total. The number of halogens is 1. The smallest absolute Gasteiger partial charge is 0.335 e. The second kappa shape index (κ2) is 6.23. The predicted molar refractivity (Wildman–Crippen MR) is 87.1 cm³/mol. The van der Waals surface area contributed by atoms with Crippen molar-refractivity contribution in [2.45, 2.75) is 0 Å². The van der Waals surface area contributed by atoms with Crippen LogP contribution in [0.3, 0.4) is 0 Å². The minimum absolute atomic E-state index is 0.256. The maximum atomic E-state index is 11.1. The Morgan fingerprint density at radius 2 is 1.82 bits per heavy atom. The first-order valence-electron chi connectivity index (χ1n) is 7.09. The van der Waals surface area contributed by atoms with E-state index >= 15 is 0 Å². The number of pyridine rings is 1. The van der Waals surface area contributed by atoms with E-state index in [0.29, 0.717) is 5.02 Å². The van der Waals surface area contributed by atoms with Gasteiger partial charge in [0.1, 0.15) is 5.82 Å². The van der Waals surface area contributed by atoms with Crippen LogP contribution in [0.4, 0.5) is 11.5 Å². The van der Waals surface area contributed by atoms with Gasteiger partial charge >= 0.3 is 5.97 Å². The second-order valence-corrected chi connectivity index (χ2v) is 5.54. The fourth-order valence-corrected chi connectivity index (χ4v) is 2.84. The van der Waals surface area contributed by atoms with Crippen LogP contribution in [0.1, 0.15) is 10.4 Å². The molecule has 0 saturated carbocycles. The number of carboxylic acid groups (broad SMARTS) is 1. The number of hydrogen-bond acceptors (Lipinski definition) is 4. The number of aromatic carboxylic acids is 1. The molecule has 6 heteroatoms. The molecular weight excluding hydrogens is 302 g/mol. The van der Waals surface area contributed by atoms with Gasteiger partial charge in [-0.1, -0.05) is 17.7 Å². The lowest BCUT2D eigenvalue weighted by Gasteiger charge is -2.37. The Hall–Kier alpha value is -2.27. The maximum Gasteiger partial charge on any atom is 0.335 e. The van der Waals surface area contributed by atoms with Crippen LogP contribution >= 0.6 is 11.6 Å². The van der Waals surface area contributed by atoms with E-state index in [4.69, 9.17) is 16.7 Å². The largest absolute Gasteiger partial charge is 0.478 e. The predicted octanol–water partition coefficient (Wildman–Crippen LogP) is 2.76. The topological polar surface area (TPSA) is 56.7 Å². The number of piperazine rings is 1. The lowest BCUT2D eigenvalue weighted by atomic mass is 10.1. The van der Waals surface area contributed by atoms with Crippen LogP contribution in [0, 0.1) is 0 Å². The first kappa shape index (κ1) is 14.7. The Morgan fingerprint density at radius 3 is 2.45 bits per heavy atom. The van der Waals surface area contributed by atoms with Gasteiger partial charge in [-0.3, -0.25) is 0 Å². The van der Waals surface area contributed by atoms with Crippen LogP contribution in [-0.2, 0) is 0 Å². The summed E-state index contributed by atoms with van der Waals surface area (Å²) in [6, 6.07) is 10.7. The zero-order chi connectivity index (χ0) is 15.5. The van der Waals surface area contributed by atoms with Crippen LogP contribution in [-0.4, -0.2) is 42.2 Å². The number of anilines is 2.